The molecule has 0 aliphatic carbocycles. The van der Waals surface area contributed by atoms with Gasteiger partial charge in [0.15, 0.2) is 0 Å². The minimum atomic E-state index is -1.23. The molecule has 0 saturated heterocycles. The molecule has 0 heterocycles. The van der Waals surface area contributed by atoms with Gasteiger partial charge in [-0.1, -0.05) is 41.9 Å². The van der Waals surface area contributed by atoms with E-state index in [0.717, 1.165) is 11.1 Å². The number of nitrogens with one attached hydrogen (secondary N) is 1. The van der Waals surface area contributed by atoms with Gasteiger partial charge < -0.3 is 5.73 Å². The molecule has 0 radical (unpaired) electrons. The van der Waals surface area contributed by atoms with E-state index >= 15 is 0 Å². The summed E-state index contributed by atoms with van der Waals surface area (Å²) in [5.74, 6) is 0. The number of rotatable bonds is 4. The Morgan fingerprint density at radius 2 is 1.77 bits per heavy atom. The Hall–Kier alpha value is -1.36. The van der Waals surface area contributed by atoms with Crippen LogP contribution in [0.15, 0.2) is 48.5 Å². The van der Waals surface area contributed by atoms with E-state index in [1.807, 2.05) is 57.2 Å². The van der Waals surface area contributed by atoms with Gasteiger partial charge in [0, 0.05) is 10.7 Å². The standard InChI is InChI=1S/C17H21ClN2OS/c1-17(2,3)22(21)20-16(12-7-5-4-6-8-12)14-11-13(18)9-10-15(14)19/h4-11,16,20H,19H2,1-3H3/t16-,22-/m1/s1. The Morgan fingerprint density at radius 1 is 1.14 bits per heavy atom. The molecule has 2 aromatic carbocycles. The van der Waals surface area contributed by atoms with Crippen molar-refractivity contribution >= 4 is 28.3 Å². The number of halogens is 1. The highest BCUT2D eigenvalue weighted by atomic mass is 35.5. The lowest BCUT2D eigenvalue weighted by Crippen LogP contribution is -2.36. The monoisotopic (exact) mass is 336 g/mol. The molecular formula is C17H21ClN2OS. The SMILES string of the molecule is CC(C)(C)[S@@](=O)N[C@H](c1ccccc1)c1cc(Cl)ccc1N. The first-order valence-electron chi connectivity index (χ1n) is 7.07. The molecule has 22 heavy (non-hydrogen) atoms. The smallest absolute Gasteiger partial charge is 0.0979 e. The van der Waals surface area contributed by atoms with Crippen molar-refractivity contribution in [3.8, 4) is 0 Å². The zero-order valence-electron chi connectivity index (χ0n) is 13.0. The number of hydrogen-bond acceptors (Lipinski definition) is 2. The van der Waals surface area contributed by atoms with Gasteiger partial charge in [0.2, 0.25) is 0 Å². The van der Waals surface area contributed by atoms with Crippen molar-refractivity contribution in [1.29, 1.82) is 0 Å². The zero-order chi connectivity index (χ0) is 16.3. The predicted molar refractivity (Wildman–Crippen MR) is 95.2 cm³/mol. The van der Waals surface area contributed by atoms with E-state index in [1.54, 1.807) is 12.1 Å². The number of anilines is 1. The van der Waals surface area contributed by atoms with Crippen LogP contribution in [-0.2, 0) is 11.0 Å². The largest absolute Gasteiger partial charge is 0.398 e. The van der Waals surface area contributed by atoms with Crippen LogP contribution in [0.1, 0.15) is 37.9 Å². The Balaban J connectivity index is 2.47. The summed E-state index contributed by atoms with van der Waals surface area (Å²) in [5, 5.41) is 0.605. The quantitative estimate of drug-likeness (QED) is 0.827. The summed E-state index contributed by atoms with van der Waals surface area (Å²) < 4.78 is 15.4. The van der Waals surface area contributed by atoms with Crippen molar-refractivity contribution in [2.75, 3.05) is 5.73 Å². The third-order valence-corrected chi connectivity index (χ3v) is 5.07. The van der Waals surface area contributed by atoms with Gasteiger partial charge in [-0.15, -0.1) is 0 Å². The Morgan fingerprint density at radius 3 is 2.36 bits per heavy atom. The molecule has 0 saturated carbocycles. The topological polar surface area (TPSA) is 55.1 Å². The summed E-state index contributed by atoms with van der Waals surface area (Å²) in [4.78, 5) is 0. The Bertz CT molecular complexity index is 668. The van der Waals surface area contributed by atoms with E-state index in [4.69, 9.17) is 17.3 Å². The predicted octanol–water partition coefficient (Wildman–Crippen LogP) is 4.06. The number of benzene rings is 2. The van der Waals surface area contributed by atoms with E-state index in [0.29, 0.717) is 10.7 Å². The molecule has 5 heteroatoms. The van der Waals surface area contributed by atoms with Crippen LogP contribution in [0.3, 0.4) is 0 Å². The molecule has 0 spiro atoms. The molecule has 3 nitrogen and oxygen atoms in total. The maximum Gasteiger partial charge on any atom is 0.0979 e. The maximum atomic E-state index is 12.5. The van der Waals surface area contributed by atoms with E-state index in [9.17, 15) is 4.21 Å². The van der Waals surface area contributed by atoms with Crippen molar-refractivity contribution < 1.29 is 4.21 Å². The summed E-state index contributed by atoms with van der Waals surface area (Å²) >= 11 is 6.12. The average Bonchev–Trinajstić information content (AvgIpc) is 2.47. The minimum absolute atomic E-state index is 0.278. The summed E-state index contributed by atoms with van der Waals surface area (Å²) in [6.45, 7) is 5.79. The first kappa shape index (κ1) is 17.0. The molecule has 0 unspecified atom stereocenters. The van der Waals surface area contributed by atoms with Crippen molar-refractivity contribution in [3.05, 3.63) is 64.7 Å². The summed E-state index contributed by atoms with van der Waals surface area (Å²) in [7, 11) is -1.23. The molecule has 2 aromatic rings. The van der Waals surface area contributed by atoms with Gasteiger partial charge in [0.1, 0.15) is 0 Å². The van der Waals surface area contributed by atoms with Crippen LogP contribution < -0.4 is 10.5 Å². The van der Waals surface area contributed by atoms with Gasteiger partial charge in [-0.3, -0.25) is 0 Å². The molecule has 0 amide bonds. The van der Waals surface area contributed by atoms with Crippen LogP contribution in [-0.4, -0.2) is 8.96 Å². The molecule has 0 aliphatic rings. The molecule has 0 aromatic heterocycles. The van der Waals surface area contributed by atoms with Gasteiger partial charge in [-0.2, -0.15) is 0 Å². The lowest BCUT2D eigenvalue weighted by Gasteiger charge is -2.26. The van der Waals surface area contributed by atoms with Crippen LogP contribution >= 0.6 is 11.6 Å². The molecule has 2 rings (SSSR count). The molecule has 0 aliphatic heterocycles. The molecular weight excluding hydrogens is 316 g/mol. The van der Waals surface area contributed by atoms with Crippen LogP contribution in [0.2, 0.25) is 5.02 Å². The highest BCUT2D eigenvalue weighted by molar-refractivity contribution is 7.84. The third kappa shape index (κ3) is 4.09. The van der Waals surface area contributed by atoms with E-state index in [1.165, 1.54) is 0 Å². The fourth-order valence-electron chi connectivity index (χ4n) is 2.04. The fourth-order valence-corrected chi connectivity index (χ4v) is 3.05. The minimum Gasteiger partial charge on any atom is -0.398 e. The summed E-state index contributed by atoms with van der Waals surface area (Å²) in [5.41, 5.74) is 8.56. The van der Waals surface area contributed by atoms with Crippen molar-refractivity contribution in [2.45, 2.75) is 31.6 Å². The van der Waals surface area contributed by atoms with Crippen molar-refractivity contribution in [2.24, 2.45) is 0 Å². The van der Waals surface area contributed by atoms with Gasteiger partial charge in [0.25, 0.3) is 0 Å². The lowest BCUT2D eigenvalue weighted by atomic mass is 9.98. The number of hydrogen-bond donors (Lipinski definition) is 2. The van der Waals surface area contributed by atoms with Crippen LogP contribution in [0.5, 0.6) is 0 Å². The molecule has 3 N–H and O–H groups in total. The highest BCUT2D eigenvalue weighted by Crippen LogP contribution is 2.30. The summed E-state index contributed by atoms with van der Waals surface area (Å²) in [6, 6.07) is 14.9. The highest BCUT2D eigenvalue weighted by Gasteiger charge is 2.25. The van der Waals surface area contributed by atoms with Crippen molar-refractivity contribution in [3.63, 3.8) is 0 Å². The number of nitrogen functional groups attached to an aromatic ring is 1. The van der Waals surface area contributed by atoms with E-state index in [2.05, 4.69) is 4.72 Å². The average molecular weight is 337 g/mol. The van der Waals surface area contributed by atoms with Gasteiger partial charge in [0.05, 0.1) is 21.8 Å². The third-order valence-electron chi connectivity index (χ3n) is 3.27. The van der Waals surface area contributed by atoms with Crippen LogP contribution in [0, 0.1) is 0 Å². The second-order valence-corrected chi connectivity index (χ2v) is 8.55. The molecule has 2 atom stereocenters. The van der Waals surface area contributed by atoms with E-state index < -0.39 is 11.0 Å². The first-order valence-corrected chi connectivity index (χ1v) is 8.60. The second kappa shape index (κ2) is 6.82. The number of nitrogens with two attached hydrogens (primary N) is 1. The van der Waals surface area contributed by atoms with E-state index in [-0.39, 0.29) is 10.8 Å². The van der Waals surface area contributed by atoms with Crippen LogP contribution in [0.4, 0.5) is 5.69 Å². The second-order valence-electron chi connectivity index (χ2n) is 6.12. The molecule has 0 bridgehead atoms. The zero-order valence-corrected chi connectivity index (χ0v) is 14.5. The van der Waals surface area contributed by atoms with Gasteiger partial charge >= 0.3 is 0 Å². The summed E-state index contributed by atoms with van der Waals surface area (Å²) in [6.07, 6.45) is 0. The maximum absolute atomic E-state index is 12.5. The van der Waals surface area contributed by atoms with Gasteiger partial charge in [-0.25, -0.2) is 8.93 Å². The fraction of sp³-hybridized carbons (Fsp3) is 0.294. The Labute approximate surface area is 139 Å². The molecule has 0 fully saturated rings. The lowest BCUT2D eigenvalue weighted by molar-refractivity contribution is 0.624. The normalized spacial score (nSPS) is 14.5. The van der Waals surface area contributed by atoms with Crippen molar-refractivity contribution in [1.82, 2.24) is 4.72 Å². The van der Waals surface area contributed by atoms with Gasteiger partial charge in [-0.05, 0) is 50.1 Å². The first-order chi connectivity index (χ1) is 10.3. The van der Waals surface area contributed by atoms with Crippen LogP contribution in [0.25, 0.3) is 0 Å². The Kier molecular flexibility index (Phi) is 5.27. The molecule has 118 valence electrons.